The van der Waals surface area contributed by atoms with Gasteiger partial charge in [0.1, 0.15) is 0 Å². The number of rotatable bonds is 3. The van der Waals surface area contributed by atoms with Gasteiger partial charge in [0.15, 0.2) is 0 Å². The Morgan fingerprint density at radius 1 is 0.279 bits per heavy atom. The summed E-state index contributed by atoms with van der Waals surface area (Å²) < 4.78 is 2.69. The fourth-order valence-corrected chi connectivity index (χ4v) is 8.03. The summed E-state index contributed by atoms with van der Waals surface area (Å²) in [4.78, 5) is 0. The highest BCUT2D eigenvalue weighted by Gasteiger charge is 2.13. The van der Waals surface area contributed by atoms with E-state index in [0.717, 1.165) is 0 Å². The van der Waals surface area contributed by atoms with Gasteiger partial charge in [0, 0.05) is 20.2 Å². The van der Waals surface area contributed by atoms with E-state index in [1.165, 1.54) is 85.9 Å². The molecule has 0 radical (unpaired) electrons. The third-order valence-electron chi connectivity index (χ3n) is 8.86. The second kappa shape index (κ2) is 9.66. The van der Waals surface area contributed by atoms with Crippen molar-refractivity contribution in [2.75, 3.05) is 0 Å². The van der Waals surface area contributed by atoms with Crippen LogP contribution in [0.5, 0.6) is 0 Å². The summed E-state index contributed by atoms with van der Waals surface area (Å²) in [7, 11) is 0. The lowest BCUT2D eigenvalue weighted by Crippen LogP contribution is -1.87. The Kier molecular flexibility index (Phi) is 5.47. The van der Waals surface area contributed by atoms with E-state index in [1.807, 2.05) is 11.3 Å². The molecule has 9 rings (SSSR count). The number of fused-ring (bicyclic) bond motifs is 9. The number of hydrogen-bond donors (Lipinski definition) is 0. The van der Waals surface area contributed by atoms with Crippen molar-refractivity contribution in [3.63, 3.8) is 0 Å². The topological polar surface area (TPSA) is 0 Å². The zero-order valence-electron chi connectivity index (χ0n) is 23.4. The Hall–Kier alpha value is -5.24. The van der Waals surface area contributed by atoms with Gasteiger partial charge in [-0.15, -0.1) is 11.3 Å². The van der Waals surface area contributed by atoms with Gasteiger partial charge in [-0.2, -0.15) is 0 Å². The predicted octanol–water partition coefficient (Wildman–Crippen LogP) is 12.5. The average molecular weight is 563 g/mol. The molecule has 9 aromatic rings. The third kappa shape index (κ3) is 3.90. The van der Waals surface area contributed by atoms with Crippen LogP contribution in [0.2, 0.25) is 0 Å². The molecule has 0 aliphatic rings. The minimum atomic E-state index is 1.23. The summed E-state index contributed by atoms with van der Waals surface area (Å²) in [6.07, 6.45) is 0. The van der Waals surface area contributed by atoms with Gasteiger partial charge >= 0.3 is 0 Å². The van der Waals surface area contributed by atoms with Crippen molar-refractivity contribution >= 4 is 63.8 Å². The fourth-order valence-electron chi connectivity index (χ4n) is 6.79. The second-order valence-corrected chi connectivity index (χ2v) is 12.3. The predicted molar refractivity (Wildman–Crippen MR) is 188 cm³/mol. The van der Waals surface area contributed by atoms with Crippen LogP contribution in [0, 0.1) is 0 Å². The molecular weight excluding hydrogens is 537 g/mol. The molecule has 43 heavy (non-hydrogen) atoms. The Bertz CT molecular complexity index is 2500. The van der Waals surface area contributed by atoms with Gasteiger partial charge < -0.3 is 0 Å². The zero-order valence-corrected chi connectivity index (χ0v) is 24.2. The average Bonchev–Trinajstić information content (AvgIpc) is 3.47. The third-order valence-corrected chi connectivity index (χ3v) is 10.1. The maximum atomic E-state index is 2.40. The first-order valence-corrected chi connectivity index (χ1v) is 15.6. The van der Waals surface area contributed by atoms with E-state index in [2.05, 4.69) is 158 Å². The molecule has 0 aliphatic heterocycles. The molecule has 0 fully saturated rings. The number of hydrogen-bond acceptors (Lipinski definition) is 1. The molecule has 0 saturated heterocycles. The lowest BCUT2D eigenvalue weighted by atomic mass is 9.90. The van der Waals surface area contributed by atoms with Crippen LogP contribution in [0.25, 0.3) is 85.9 Å². The number of benzene rings is 8. The largest absolute Gasteiger partial charge is 0.135 e. The second-order valence-electron chi connectivity index (χ2n) is 11.3. The molecule has 1 heterocycles. The van der Waals surface area contributed by atoms with Gasteiger partial charge in [-0.25, -0.2) is 0 Å². The Labute approximate surface area is 254 Å². The summed E-state index contributed by atoms with van der Waals surface area (Å²) in [5, 5.41) is 10.5. The smallest absolute Gasteiger partial charge is 0.0433 e. The zero-order chi connectivity index (χ0) is 28.3. The van der Waals surface area contributed by atoms with E-state index in [-0.39, 0.29) is 0 Å². The maximum absolute atomic E-state index is 2.40. The Morgan fingerprint density at radius 2 is 0.791 bits per heavy atom. The molecule has 0 bridgehead atoms. The molecule has 0 atom stereocenters. The van der Waals surface area contributed by atoms with Crippen LogP contribution < -0.4 is 0 Å². The van der Waals surface area contributed by atoms with E-state index in [1.54, 1.807) is 0 Å². The van der Waals surface area contributed by atoms with E-state index in [9.17, 15) is 0 Å². The molecule has 1 aromatic heterocycles. The first kappa shape index (κ1) is 24.4. The van der Waals surface area contributed by atoms with Gasteiger partial charge in [-0.3, -0.25) is 0 Å². The lowest BCUT2D eigenvalue weighted by molar-refractivity contribution is 1.63. The molecule has 200 valence electrons. The molecule has 0 N–H and O–H groups in total. The minimum absolute atomic E-state index is 1.23. The molecule has 0 saturated carbocycles. The normalized spacial score (nSPS) is 11.7. The highest BCUT2D eigenvalue weighted by molar-refractivity contribution is 7.26. The molecule has 8 aromatic carbocycles. The van der Waals surface area contributed by atoms with Crippen LogP contribution >= 0.6 is 11.3 Å². The first-order chi connectivity index (χ1) is 21.3. The van der Waals surface area contributed by atoms with Gasteiger partial charge in [-0.1, -0.05) is 133 Å². The van der Waals surface area contributed by atoms with E-state index >= 15 is 0 Å². The molecule has 0 spiro atoms. The van der Waals surface area contributed by atoms with Crippen LogP contribution in [-0.4, -0.2) is 0 Å². The van der Waals surface area contributed by atoms with Gasteiger partial charge in [0.05, 0.1) is 0 Å². The molecular formula is C42H26S. The standard InChI is InChI=1S/C42H26S/c1-2-10-27(11-3-1)29-20-22-35-33-14-4-5-15-34(33)36-23-21-30(26-40(36)39(35)25-29)28-12-8-13-31(24-28)32-17-9-18-38-37-16-6-7-19-41(37)43-42(32)38/h1-26H. The van der Waals surface area contributed by atoms with E-state index < -0.39 is 0 Å². The van der Waals surface area contributed by atoms with Gasteiger partial charge in [-0.05, 0) is 90.0 Å². The number of thiophene rings is 1. The van der Waals surface area contributed by atoms with Crippen molar-refractivity contribution < 1.29 is 0 Å². The van der Waals surface area contributed by atoms with Crippen LogP contribution in [0.15, 0.2) is 158 Å². The molecule has 0 aliphatic carbocycles. The van der Waals surface area contributed by atoms with Crippen LogP contribution in [0.3, 0.4) is 0 Å². The minimum Gasteiger partial charge on any atom is -0.135 e. The van der Waals surface area contributed by atoms with Crippen molar-refractivity contribution in [3.8, 4) is 33.4 Å². The lowest BCUT2D eigenvalue weighted by Gasteiger charge is -2.14. The summed E-state index contributed by atoms with van der Waals surface area (Å²) in [6.45, 7) is 0. The summed E-state index contributed by atoms with van der Waals surface area (Å²) in [5.74, 6) is 0. The van der Waals surface area contributed by atoms with Crippen molar-refractivity contribution in [2.45, 2.75) is 0 Å². The van der Waals surface area contributed by atoms with Gasteiger partial charge in [0.25, 0.3) is 0 Å². The van der Waals surface area contributed by atoms with Crippen molar-refractivity contribution in [1.82, 2.24) is 0 Å². The Morgan fingerprint density at radius 3 is 1.53 bits per heavy atom. The van der Waals surface area contributed by atoms with E-state index in [4.69, 9.17) is 0 Å². The SMILES string of the molecule is c1ccc(-c2ccc3c4ccccc4c4ccc(-c5cccc(-c6cccc7c6sc6ccccc67)c5)cc4c3c2)cc1. The molecule has 1 heteroatoms. The summed E-state index contributed by atoms with van der Waals surface area (Å²) >= 11 is 1.89. The van der Waals surface area contributed by atoms with E-state index in [0.29, 0.717) is 0 Å². The van der Waals surface area contributed by atoms with Crippen molar-refractivity contribution in [1.29, 1.82) is 0 Å². The van der Waals surface area contributed by atoms with Crippen molar-refractivity contribution in [2.24, 2.45) is 0 Å². The fraction of sp³-hybridized carbons (Fsp3) is 0. The quantitative estimate of drug-likeness (QED) is 0.188. The van der Waals surface area contributed by atoms with Crippen LogP contribution in [0.4, 0.5) is 0 Å². The highest BCUT2D eigenvalue weighted by atomic mass is 32.1. The highest BCUT2D eigenvalue weighted by Crippen LogP contribution is 2.42. The summed E-state index contributed by atoms with van der Waals surface area (Å²) in [6, 6.07) is 58.0. The summed E-state index contributed by atoms with van der Waals surface area (Å²) in [5.41, 5.74) is 7.51. The monoisotopic (exact) mass is 562 g/mol. The first-order valence-electron chi connectivity index (χ1n) is 14.8. The molecule has 0 unspecified atom stereocenters. The van der Waals surface area contributed by atoms with Gasteiger partial charge in [0.2, 0.25) is 0 Å². The van der Waals surface area contributed by atoms with Crippen molar-refractivity contribution in [3.05, 3.63) is 158 Å². The maximum Gasteiger partial charge on any atom is 0.0433 e. The van der Waals surface area contributed by atoms with Crippen LogP contribution in [-0.2, 0) is 0 Å². The molecule has 0 nitrogen and oxygen atoms in total. The molecule has 0 amide bonds. The van der Waals surface area contributed by atoms with Crippen LogP contribution in [0.1, 0.15) is 0 Å². The Balaban J connectivity index is 1.26.